The molecule has 1 heterocycles. The normalized spacial score (nSPS) is 29.2. The van der Waals surface area contributed by atoms with Gasteiger partial charge in [-0.05, 0) is 99.7 Å². The molecule has 1 amide bonds. The van der Waals surface area contributed by atoms with Crippen LogP contribution in [0.1, 0.15) is 62.5 Å². The van der Waals surface area contributed by atoms with E-state index in [0.29, 0.717) is 16.5 Å². The molecular weight excluding hydrogens is 422 g/mol. The Hall–Kier alpha value is -2.02. The van der Waals surface area contributed by atoms with Gasteiger partial charge in [0.2, 0.25) is 5.91 Å². The smallest absolute Gasteiger partial charge is 0.277 e. The summed E-state index contributed by atoms with van der Waals surface area (Å²) in [5, 5.41) is 11.8. The lowest BCUT2D eigenvalue weighted by Gasteiger charge is -2.59. The molecular formula is C25H33N3O3S. The summed E-state index contributed by atoms with van der Waals surface area (Å²) < 4.78 is 11.5. The molecule has 0 radical (unpaired) electrons. The highest BCUT2D eigenvalue weighted by molar-refractivity contribution is 7.99. The van der Waals surface area contributed by atoms with Gasteiger partial charge in [0, 0.05) is 6.04 Å². The molecule has 1 aromatic heterocycles. The van der Waals surface area contributed by atoms with Crippen LogP contribution in [0, 0.1) is 37.0 Å². The second-order valence-electron chi connectivity index (χ2n) is 10.4. The monoisotopic (exact) mass is 455 g/mol. The van der Waals surface area contributed by atoms with Crippen LogP contribution in [-0.4, -0.2) is 27.9 Å². The zero-order valence-corrected chi connectivity index (χ0v) is 20.0. The molecule has 2 aromatic rings. The van der Waals surface area contributed by atoms with Crippen molar-refractivity contribution < 1.29 is 13.9 Å². The molecule has 1 aromatic carbocycles. The van der Waals surface area contributed by atoms with Crippen molar-refractivity contribution in [3.05, 3.63) is 35.2 Å². The molecule has 1 unspecified atom stereocenters. The van der Waals surface area contributed by atoms with Crippen molar-refractivity contribution in [3.63, 3.8) is 0 Å². The maximum absolute atomic E-state index is 12.7. The number of nitrogens with one attached hydrogen (secondary N) is 1. The van der Waals surface area contributed by atoms with Gasteiger partial charge in [-0.25, -0.2) is 0 Å². The number of hydrogen-bond donors (Lipinski definition) is 1. The first-order chi connectivity index (χ1) is 15.4. The Balaban J connectivity index is 1.10. The molecule has 4 bridgehead atoms. The standard InChI is InChI=1S/C25H33N3O3S/c1-15-4-5-16(2)21(6-15)30-13-23-27-28-24(31-23)32-14-22(29)26-17(3)25-10-18-7-19(11-25)9-20(8-18)12-25/h4-6,17-20H,7-14H2,1-3H3,(H,26,29). The van der Waals surface area contributed by atoms with Crippen molar-refractivity contribution in [1.29, 1.82) is 0 Å². The first-order valence-electron chi connectivity index (χ1n) is 11.8. The molecule has 4 aliphatic rings. The molecule has 6 nitrogen and oxygen atoms in total. The third kappa shape index (κ3) is 4.54. The molecule has 6 rings (SSSR count). The molecule has 1 N–H and O–H groups in total. The Morgan fingerprint density at radius 2 is 1.88 bits per heavy atom. The highest BCUT2D eigenvalue weighted by Gasteiger charge is 2.53. The van der Waals surface area contributed by atoms with Gasteiger partial charge >= 0.3 is 0 Å². The van der Waals surface area contributed by atoms with Crippen LogP contribution in [-0.2, 0) is 11.4 Å². The van der Waals surface area contributed by atoms with E-state index in [1.165, 1.54) is 50.3 Å². The van der Waals surface area contributed by atoms with Crippen molar-refractivity contribution in [2.45, 2.75) is 77.2 Å². The first kappa shape index (κ1) is 21.8. The number of aromatic nitrogens is 2. The van der Waals surface area contributed by atoms with Gasteiger partial charge in [0.25, 0.3) is 11.1 Å². The van der Waals surface area contributed by atoms with E-state index in [4.69, 9.17) is 9.15 Å². The summed E-state index contributed by atoms with van der Waals surface area (Å²) in [5.41, 5.74) is 2.52. The molecule has 1 atom stereocenters. The summed E-state index contributed by atoms with van der Waals surface area (Å²) in [6, 6.07) is 6.31. The highest BCUT2D eigenvalue weighted by Crippen LogP contribution is 2.61. The molecule has 0 saturated heterocycles. The minimum atomic E-state index is 0.0460. The third-order valence-corrected chi connectivity index (χ3v) is 8.67. The van der Waals surface area contributed by atoms with Crippen molar-refractivity contribution in [1.82, 2.24) is 15.5 Å². The van der Waals surface area contributed by atoms with Crippen LogP contribution in [0.2, 0.25) is 0 Å². The second-order valence-corrected chi connectivity index (χ2v) is 11.3. The minimum absolute atomic E-state index is 0.0460. The molecule has 0 aliphatic heterocycles. The predicted molar refractivity (Wildman–Crippen MR) is 123 cm³/mol. The van der Waals surface area contributed by atoms with Gasteiger partial charge in [0.05, 0.1) is 5.75 Å². The number of nitrogens with zero attached hydrogens (tertiary/aromatic N) is 2. The molecule has 7 heteroatoms. The lowest BCUT2D eigenvalue weighted by molar-refractivity contribution is -0.123. The summed E-state index contributed by atoms with van der Waals surface area (Å²) in [4.78, 5) is 12.7. The van der Waals surface area contributed by atoms with Gasteiger partial charge in [-0.15, -0.1) is 10.2 Å². The van der Waals surface area contributed by atoms with Crippen LogP contribution in [0.25, 0.3) is 0 Å². The van der Waals surface area contributed by atoms with E-state index in [1.54, 1.807) is 0 Å². The molecule has 4 fully saturated rings. The Labute approximate surface area is 194 Å². The van der Waals surface area contributed by atoms with Crippen LogP contribution in [0.4, 0.5) is 0 Å². The van der Waals surface area contributed by atoms with Gasteiger partial charge < -0.3 is 14.5 Å². The maximum Gasteiger partial charge on any atom is 0.277 e. The number of amides is 1. The Bertz CT molecular complexity index is 953. The zero-order valence-electron chi connectivity index (χ0n) is 19.2. The molecule has 0 spiro atoms. The van der Waals surface area contributed by atoms with Gasteiger partial charge in [0.15, 0.2) is 6.61 Å². The largest absolute Gasteiger partial charge is 0.484 e. The number of ether oxygens (including phenoxy) is 1. The summed E-state index contributed by atoms with van der Waals surface area (Å²) >= 11 is 1.29. The van der Waals surface area contributed by atoms with E-state index in [9.17, 15) is 4.79 Å². The van der Waals surface area contributed by atoms with E-state index in [2.05, 4.69) is 28.5 Å². The molecule has 172 valence electrons. The predicted octanol–water partition coefficient (Wildman–Crippen LogP) is 5.08. The zero-order chi connectivity index (χ0) is 22.3. The summed E-state index contributed by atoms with van der Waals surface area (Å²) in [7, 11) is 0. The van der Waals surface area contributed by atoms with E-state index in [-0.39, 0.29) is 24.3 Å². The fraction of sp³-hybridized carbons (Fsp3) is 0.640. The lowest BCUT2D eigenvalue weighted by atomic mass is 9.48. The Kier molecular flexibility index (Phi) is 5.95. The van der Waals surface area contributed by atoms with Gasteiger partial charge in [-0.1, -0.05) is 23.9 Å². The van der Waals surface area contributed by atoms with Gasteiger partial charge in [0.1, 0.15) is 5.75 Å². The van der Waals surface area contributed by atoms with E-state index < -0.39 is 0 Å². The Morgan fingerprint density at radius 3 is 2.56 bits per heavy atom. The third-order valence-electron chi connectivity index (χ3n) is 7.85. The number of carbonyl (C=O) groups is 1. The summed E-state index contributed by atoms with van der Waals surface area (Å²) in [6.45, 7) is 6.47. The fourth-order valence-corrected chi connectivity index (χ4v) is 7.22. The average molecular weight is 456 g/mol. The van der Waals surface area contributed by atoms with Gasteiger partial charge in [-0.2, -0.15) is 0 Å². The Morgan fingerprint density at radius 1 is 1.19 bits per heavy atom. The van der Waals surface area contributed by atoms with Crippen LogP contribution in [0.15, 0.2) is 27.8 Å². The number of benzene rings is 1. The summed E-state index contributed by atoms with van der Waals surface area (Å²) in [6.07, 6.45) is 8.14. The van der Waals surface area contributed by atoms with E-state index in [0.717, 1.165) is 34.6 Å². The van der Waals surface area contributed by atoms with Crippen molar-refractivity contribution in [2.75, 3.05) is 5.75 Å². The SMILES string of the molecule is Cc1ccc(C)c(OCc2nnc(SCC(=O)NC(C)C34CC5CC(CC(C5)C3)C4)o2)c1. The number of thioether (sulfide) groups is 1. The van der Waals surface area contributed by atoms with E-state index >= 15 is 0 Å². The van der Waals surface area contributed by atoms with Crippen LogP contribution in [0.5, 0.6) is 5.75 Å². The topological polar surface area (TPSA) is 77.2 Å². The number of carbonyl (C=O) groups excluding carboxylic acids is 1. The molecule has 4 aliphatic carbocycles. The quantitative estimate of drug-likeness (QED) is 0.560. The lowest BCUT2D eigenvalue weighted by Crippen LogP contribution is -2.56. The van der Waals surface area contributed by atoms with Crippen molar-refractivity contribution >= 4 is 17.7 Å². The number of aryl methyl sites for hydroxylation is 2. The van der Waals surface area contributed by atoms with Crippen LogP contribution < -0.4 is 10.1 Å². The second kappa shape index (κ2) is 8.73. The highest BCUT2D eigenvalue weighted by atomic mass is 32.2. The number of rotatable bonds is 8. The summed E-state index contributed by atoms with van der Waals surface area (Å²) in [5.74, 6) is 4.22. The van der Waals surface area contributed by atoms with E-state index in [1.807, 2.05) is 26.0 Å². The maximum atomic E-state index is 12.7. The fourth-order valence-electron chi connectivity index (χ4n) is 6.63. The molecule has 4 saturated carbocycles. The van der Waals surface area contributed by atoms with Gasteiger partial charge in [-0.3, -0.25) is 4.79 Å². The first-order valence-corrected chi connectivity index (χ1v) is 12.8. The number of hydrogen-bond acceptors (Lipinski definition) is 6. The van der Waals surface area contributed by atoms with Crippen LogP contribution in [0.3, 0.4) is 0 Å². The van der Waals surface area contributed by atoms with Crippen LogP contribution >= 0.6 is 11.8 Å². The average Bonchev–Trinajstić information content (AvgIpc) is 3.20. The van der Waals surface area contributed by atoms with Crippen molar-refractivity contribution in [3.8, 4) is 5.75 Å². The van der Waals surface area contributed by atoms with Crippen molar-refractivity contribution in [2.24, 2.45) is 23.2 Å². The minimum Gasteiger partial charge on any atom is -0.484 e. The molecule has 32 heavy (non-hydrogen) atoms.